The largest absolute Gasteiger partial charge is 0.478 e. The molecule has 1 aromatic rings. The van der Waals surface area contributed by atoms with E-state index in [9.17, 15) is 9.59 Å². The summed E-state index contributed by atoms with van der Waals surface area (Å²) in [6.45, 7) is 4.60. The van der Waals surface area contributed by atoms with Crippen LogP contribution in [0.15, 0.2) is 18.2 Å². The van der Waals surface area contributed by atoms with Crippen LogP contribution in [-0.4, -0.2) is 54.9 Å². The topological polar surface area (TPSA) is 96.1 Å². The summed E-state index contributed by atoms with van der Waals surface area (Å²) >= 11 is 0. The number of rotatable bonds is 3. The summed E-state index contributed by atoms with van der Waals surface area (Å²) < 4.78 is 4.97. The standard InChI is InChI=1S/C14H19N3O4/c1-2-21-14(20)17-7-5-16(6-8-17)10-3-4-11(13(18)19)12(15)9-10/h3-4,9H,2,5-8,15H2,1H3,(H,18,19). The lowest BCUT2D eigenvalue weighted by Crippen LogP contribution is -2.49. The maximum absolute atomic E-state index is 11.6. The molecule has 1 aliphatic heterocycles. The molecule has 7 nitrogen and oxygen atoms in total. The van der Waals surface area contributed by atoms with Crippen molar-refractivity contribution in [1.82, 2.24) is 4.90 Å². The van der Waals surface area contributed by atoms with Crippen molar-refractivity contribution in [3.8, 4) is 0 Å². The molecule has 1 amide bonds. The van der Waals surface area contributed by atoms with Gasteiger partial charge in [-0.2, -0.15) is 0 Å². The smallest absolute Gasteiger partial charge is 0.409 e. The number of anilines is 2. The van der Waals surface area contributed by atoms with Crippen LogP contribution in [-0.2, 0) is 4.74 Å². The van der Waals surface area contributed by atoms with Crippen molar-refractivity contribution in [3.63, 3.8) is 0 Å². The minimum absolute atomic E-state index is 0.101. The van der Waals surface area contributed by atoms with Gasteiger partial charge in [-0.05, 0) is 25.1 Å². The number of nitrogens with zero attached hydrogens (tertiary/aromatic N) is 2. The zero-order chi connectivity index (χ0) is 15.4. The summed E-state index contributed by atoms with van der Waals surface area (Å²) in [7, 11) is 0. The van der Waals surface area contributed by atoms with E-state index in [0.717, 1.165) is 5.69 Å². The van der Waals surface area contributed by atoms with Crippen LogP contribution in [0.1, 0.15) is 17.3 Å². The van der Waals surface area contributed by atoms with Gasteiger partial charge in [0.05, 0.1) is 12.2 Å². The van der Waals surface area contributed by atoms with E-state index in [4.69, 9.17) is 15.6 Å². The van der Waals surface area contributed by atoms with Crippen molar-refractivity contribution in [2.24, 2.45) is 0 Å². The molecular weight excluding hydrogens is 274 g/mol. The number of hydrogen-bond donors (Lipinski definition) is 2. The van der Waals surface area contributed by atoms with Gasteiger partial charge >= 0.3 is 12.1 Å². The number of amides is 1. The molecule has 0 unspecified atom stereocenters. The van der Waals surface area contributed by atoms with E-state index in [1.807, 2.05) is 0 Å². The van der Waals surface area contributed by atoms with E-state index < -0.39 is 5.97 Å². The number of hydrogen-bond acceptors (Lipinski definition) is 5. The lowest BCUT2D eigenvalue weighted by Gasteiger charge is -2.35. The van der Waals surface area contributed by atoms with Gasteiger partial charge in [-0.3, -0.25) is 0 Å². The van der Waals surface area contributed by atoms with Crippen molar-refractivity contribution >= 4 is 23.4 Å². The Hall–Kier alpha value is -2.44. The monoisotopic (exact) mass is 293 g/mol. The van der Waals surface area contributed by atoms with Crippen LogP contribution in [0.4, 0.5) is 16.2 Å². The Kier molecular flexibility index (Phi) is 4.52. The summed E-state index contributed by atoms with van der Waals surface area (Å²) in [5.74, 6) is -1.04. The summed E-state index contributed by atoms with van der Waals surface area (Å²) in [6, 6.07) is 4.90. The number of nitrogens with two attached hydrogens (primary N) is 1. The second-order valence-corrected chi connectivity index (χ2v) is 4.75. The van der Waals surface area contributed by atoms with Crippen molar-refractivity contribution in [2.45, 2.75) is 6.92 Å². The number of ether oxygens (including phenoxy) is 1. The first-order valence-electron chi connectivity index (χ1n) is 6.82. The maximum Gasteiger partial charge on any atom is 0.409 e. The van der Waals surface area contributed by atoms with E-state index in [-0.39, 0.29) is 17.3 Å². The quantitative estimate of drug-likeness (QED) is 0.814. The van der Waals surface area contributed by atoms with Gasteiger partial charge in [0.15, 0.2) is 0 Å². The first-order chi connectivity index (χ1) is 10.0. The van der Waals surface area contributed by atoms with Gasteiger partial charge in [-0.1, -0.05) is 0 Å². The number of carbonyl (C=O) groups is 2. The Balaban J connectivity index is 2.01. The van der Waals surface area contributed by atoms with Gasteiger partial charge in [0, 0.05) is 37.6 Å². The maximum atomic E-state index is 11.6. The van der Waals surface area contributed by atoms with Crippen LogP contribution in [0.5, 0.6) is 0 Å². The molecule has 1 aliphatic rings. The van der Waals surface area contributed by atoms with Gasteiger partial charge < -0.3 is 25.4 Å². The third kappa shape index (κ3) is 3.36. The van der Waals surface area contributed by atoms with Crippen LogP contribution in [0.25, 0.3) is 0 Å². The van der Waals surface area contributed by atoms with Crippen LogP contribution in [0, 0.1) is 0 Å². The molecular formula is C14H19N3O4. The predicted octanol–water partition coefficient (Wildman–Crippen LogP) is 1.25. The Morgan fingerprint density at radius 2 is 1.95 bits per heavy atom. The molecule has 0 radical (unpaired) electrons. The van der Waals surface area contributed by atoms with Gasteiger partial charge in [0.1, 0.15) is 0 Å². The molecule has 0 aliphatic carbocycles. The molecule has 0 saturated carbocycles. The Labute approximate surface area is 122 Å². The second-order valence-electron chi connectivity index (χ2n) is 4.75. The number of carboxylic acids is 1. The minimum Gasteiger partial charge on any atom is -0.478 e. The average molecular weight is 293 g/mol. The molecule has 1 aromatic carbocycles. The number of benzene rings is 1. The highest BCUT2D eigenvalue weighted by atomic mass is 16.6. The van der Waals surface area contributed by atoms with Crippen LogP contribution in [0.3, 0.4) is 0 Å². The van der Waals surface area contributed by atoms with Crippen molar-refractivity contribution < 1.29 is 19.4 Å². The molecule has 2 rings (SSSR count). The fourth-order valence-corrected chi connectivity index (χ4v) is 2.30. The van der Waals surface area contributed by atoms with Crippen LogP contribution >= 0.6 is 0 Å². The van der Waals surface area contributed by atoms with Gasteiger partial charge in [0.2, 0.25) is 0 Å². The normalized spacial score (nSPS) is 14.9. The number of carboxylic acid groups (broad SMARTS) is 1. The molecule has 21 heavy (non-hydrogen) atoms. The zero-order valence-electron chi connectivity index (χ0n) is 11.9. The summed E-state index contributed by atoms with van der Waals surface area (Å²) in [6.07, 6.45) is -0.294. The number of carbonyl (C=O) groups excluding carboxylic acids is 1. The highest BCUT2D eigenvalue weighted by Crippen LogP contribution is 2.22. The Bertz CT molecular complexity index is 539. The highest BCUT2D eigenvalue weighted by Gasteiger charge is 2.22. The van der Waals surface area contributed by atoms with E-state index in [1.165, 1.54) is 6.07 Å². The lowest BCUT2D eigenvalue weighted by molar-refractivity contribution is 0.0698. The Morgan fingerprint density at radius 1 is 1.29 bits per heavy atom. The zero-order valence-corrected chi connectivity index (χ0v) is 11.9. The number of nitrogen functional groups attached to an aromatic ring is 1. The molecule has 0 bridgehead atoms. The van der Waals surface area contributed by atoms with E-state index in [2.05, 4.69) is 4.90 Å². The molecule has 1 fully saturated rings. The van der Waals surface area contributed by atoms with Gasteiger partial charge in [-0.15, -0.1) is 0 Å². The fraction of sp³-hybridized carbons (Fsp3) is 0.429. The van der Waals surface area contributed by atoms with Crippen LogP contribution < -0.4 is 10.6 Å². The van der Waals surface area contributed by atoms with Gasteiger partial charge in [0.25, 0.3) is 0 Å². The summed E-state index contributed by atoms with van der Waals surface area (Å²) in [4.78, 5) is 26.3. The Morgan fingerprint density at radius 3 is 2.48 bits per heavy atom. The van der Waals surface area contributed by atoms with Crippen LogP contribution in [0.2, 0.25) is 0 Å². The van der Waals surface area contributed by atoms with E-state index >= 15 is 0 Å². The van der Waals surface area contributed by atoms with E-state index in [1.54, 1.807) is 24.0 Å². The SMILES string of the molecule is CCOC(=O)N1CCN(c2ccc(C(=O)O)c(N)c2)CC1. The number of piperazine rings is 1. The third-order valence-electron chi connectivity index (χ3n) is 3.44. The molecule has 0 atom stereocenters. The van der Waals surface area contributed by atoms with Crippen molar-refractivity contribution in [1.29, 1.82) is 0 Å². The van der Waals surface area contributed by atoms with E-state index in [0.29, 0.717) is 32.8 Å². The number of aromatic carboxylic acids is 1. The molecule has 1 saturated heterocycles. The van der Waals surface area contributed by atoms with Crippen molar-refractivity contribution in [3.05, 3.63) is 23.8 Å². The minimum atomic E-state index is -1.04. The third-order valence-corrected chi connectivity index (χ3v) is 3.44. The average Bonchev–Trinajstić information content (AvgIpc) is 2.47. The molecule has 7 heteroatoms. The molecule has 1 heterocycles. The molecule has 0 aromatic heterocycles. The summed E-state index contributed by atoms with van der Waals surface area (Å²) in [5.41, 5.74) is 6.96. The highest BCUT2D eigenvalue weighted by molar-refractivity contribution is 5.94. The first kappa shape index (κ1) is 15.0. The first-order valence-corrected chi connectivity index (χ1v) is 6.82. The molecule has 3 N–H and O–H groups in total. The summed E-state index contributed by atoms with van der Waals surface area (Å²) in [5, 5.41) is 8.96. The fourth-order valence-electron chi connectivity index (χ4n) is 2.30. The van der Waals surface area contributed by atoms with Gasteiger partial charge in [-0.25, -0.2) is 9.59 Å². The second kappa shape index (κ2) is 6.34. The molecule has 114 valence electrons. The lowest BCUT2D eigenvalue weighted by atomic mass is 10.1. The van der Waals surface area contributed by atoms with Crippen molar-refractivity contribution in [2.75, 3.05) is 43.4 Å². The molecule has 0 spiro atoms. The predicted molar refractivity (Wildman–Crippen MR) is 78.6 cm³/mol.